The van der Waals surface area contributed by atoms with E-state index in [9.17, 15) is 0 Å². The lowest BCUT2D eigenvalue weighted by molar-refractivity contribution is 0.371. The van der Waals surface area contributed by atoms with Gasteiger partial charge in [0.05, 0.1) is 11.4 Å². The summed E-state index contributed by atoms with van der Waals surface area (Å²) in [6, 6.07) is 5.23. The van der Waals surface area contributed by atoms with Gasteiger partial charge >= 0.3 is 0 Å². The molecule has 100 valence electrons. The van der Waals surface area contributed by atoms with Crippen LogP contribution in [0.5, 0.6) is 0 Å². The van der Waals surface area contributed by atoms with Gasteiger partial charge in [-0.2, -0.15) is 0 Å². The van der Waals surface area contributed by atoms with Gasteiger partial charge in [-0.15, -0.1) is 0 Å². The molecule has 4 heteroatoms. The minimum absolute atomic E-state index is 0.474. The molecule has 2 rings (SSSR count). The molecule has 3 nitrogen and oxygen atoms in total. The molecule has 2 atom stereocenters. The molecule has 0 bridgehead atoms. The maximum Gasteiger partial charge on any atom is 0.106 e. The number of pyridine rings is 1. The minimum Gasteiger partial charge on any atom is -0.381 e. The molecule has 1 aromatic heterocycles. The maximum atomic E-state index is 4.41. The van der Waals surface area contributed by atoms with E-state index in [2.05, 4.69) is 44.5 Å². The summed E-state index contributed by atoms with van der Waals surface area (Å²) < 4.78 is 0.896. The molecular weight excluding hydrogens is 290 g/mol. The summed E-state index contributed by atoms with van der Waals surface area (Å²) in [5.74, 6) is 0. The zero-order valence-corrected chi connectivity index (χ0v) is 12.8. The second-order valence-corrected chi connectivity index (χ2v) is 6.01. The zero-order chi connectivity index (χ0) is 13.0. The summed E-state index contributed by atoms with van der Waals surface area (Å²) >= 11 is 3.39. The van der Waals surface area contributed by atoms with Crippen molar-refractivity contribution in [1.29, 1.82) is 0 Å². The number of nitrogens with zero attached hydrogens (tertiary/aromatic N) is 1. The third kappa shape index (κ3) is 3.95. The number of piperidine rings is 1. The Bertz CT molecular complexity index is 389. The number of anilines is 1. The Labute approximate surface area is 118 Å². The molecule has 1 aromatic rings. The first-order valence-electron chi connectivity index (χ1n) is 6.78. The van der Waals surface area contributed by atoms with E-state index >= 15 is 0 Å². The van der Waals surface area contributed by atoms with Gasteiger partial charge in [0.1, 0.15) is 4.60 Å². The Morgan fingerprint density at radius 1 is 1.50 bits per heavy atom. The van der Waals surface area contributed by atoms with E-state index in [0.29, 0.717) is 12.1 Å². The lowest BCUT2D eigenvalue weighted by Crippen LogP contribution is -2.37. The second-order valence-electron chi connectivity index (χ2n) is 5.19. The van der Waals surface area contributed by atoms with E-state index in [1.165, 1.54) is 32.2 Å². The Morgan fingerprint density at radius 2 is 2.33 bits per heavy atom. The molecule has 2 unspecified atom stereocenters. The number of hydrogen-bond donors (Lipinski definition) is 2. The van der Waals surface area contributed by atoms with Gasteiger partial charge < -0.3 is 10.6 Å². The van der Waals surface area contributed by atoms with Crippen LogP contribution < -0.4 is 10.6 Å². The monoisotopic (exact) mass is 311 g/mol. The Morgan fingerprint density at radius 3 is 3.00 bits per heavy atom. The van der Waals surface area contributed by atoms with Gasteiger partial charge in [-0.1, -0.05) is 6.42 Å². The summed E-state index contributed by atoms with van der Waals surface area (Å²) in [5.41, 5.74) is 2.19. The molecule has 1 saturated heterocycles. The first kappa shape index (κ1) is 13.8. The maximum absolute atomic E-state index is 4.41. The van der Waals surface area contributed by atoms with Crippen LogP contribution in [-0.2, 0) is 0 Å². The first-order valence-corrected chi connectivity index (χ1v) is 7.57. The van der Waals surface area contributed by atoms with Crippen molar-refractivity contribution in [2.24, 2.45) is 0 Å². The predicted molar refractivity (Wildman–Crippen MR) is 80.0 cm³/mol. The van der Waals surface area contributed by atoms with E-state index in [0.717, 1.165) is 16.0 Å². The van der Waals surface area contributed by atoms with Crippen molar-refractivity contribution in [3.8, 4) is 0 Å². The summed E-state index contributed by atoms with van der Waals surface area (Å²) in [5, 5.41) is 7.16. The van der Waals surface area contributed by atoms with Gasteiger partial charge in [-0.3, -0.25) is 0 Å². The third-order valence-corrected chi connectivity index (χ3v) is 3.95. The molecule has 0 radical (unpaired) electrons. The average molecular weight is 312 g/mol. The van der Waals surface area contributed by atoms with Crippen LogP contribution in [0.2, 0.25) is 0 Å². The van der Waals surface area contributed by atoms with Gasteiger partial charge in [0, 0.05) is 12.1 Å². The van der Waals surface area contributed by atoms with Crippen LogP contribution in [0, 0.1) is 6.92 Å². The van der Waals surface area contributed by atoms with E-state index in [1.54, 1.807) is 0 Å². The second kappa shape index (κ2) is 6.53. The predicted octanol–water partition coefficient (Wildman–Crippen LogP) is 3.49. The van der Waals surface area contributed by atoms with Crippen LogP contribution >= 0.6 is 15.9 Å². The number of aromatic nitrogens is 1. The van der Waals surface area contributed by atoms with Crippen molar-refractivity contribution >= 4 is 21.6 Å². The molecule has 2 N–H and O–H groups in total. The molecule has 0 saturated carbocycles. The standard InChI is InChI=1S/C14H22BrN3/c1-10(9-12-5-3-4-8-16-12)17-13-6-7-14(15)18-11(13)2/h6-7,10,12,16-17H,3-5,8-9H2,1-2H3. The highest BCUT2D eigenvalue weighted by atomic mass is 79.9. The molecule has 0 aromatic carbocycles. The number of aryl methyl sites for hydroxylation is 1. The van der Waals surface area contributed by atoms with Gasteiger partial charge in [0.2, 0.25) is 0 Å². The van der Waals surface area contributed by atoms with E-state index < -0.39 is 0 Å². The van der Waals surface area contributed by atoms with Crippen molar-refractivity contribution in [3.63, 3.8) is 0 Å². The smallest absolute Gasteiger partial charge is 0.106 e. The molecule has 2 heterocycles. The lowest BCUT2D eigenvalue weighted by Gasteiger charge is -2.27. The Balaban J connectivity index is 1.87. The summed E-state index contributed by atoms with van der Waals surface area (Å²) in [7, 11) is 0. The normalized spacial score (nSPS) is 21.6. The zero-order valence-electron chi connectivity index (χ0n) is 11.2. The van der Waals surface area contributed by atoms with E-state index in [-0.39, 0.29) is 0 Å². The summed E-state index contributed by atoms with van der Waals surface area (Å²) in [4.78, 5) is 4.41. The number of halogens is 1. The van der Waals surface area contributed by atoms with Crippen LogP contribution in [0.4, 0.5) is 5.69 Å². The fraction of sp³-hybridized carbons (Fsp3) is 0.643. The van der Waals surface area contributed by atoms with E-state index in [4.69, 9.17) is 0 Å². The van der Waals surface area contributed by atoms with Gasteiger partial charge in [0.15, 0.2) is 0 Å². The van der Waals surface area contributed by atoms with Gasteiger partial charge in [-0.05, 0) is 67.7 Å². The van der Waals surface area contributed by atoms with Crippen LogP contribution in [0.1, 0.15) is 38.3 Å². The van der Waals surface area contributed by atoms with Crippen LogP contribution in [0.25, 0.3) is 0 Å². The third-order valence-electron chi connectivity index (χ3n) is 3.50. The van der Waals surface area contributed by atoms with Crippen molar-refractivity contribution < 1.29 is 0 Å². The number of hydrogen-bond acceptors (Lipinski definition) is 3. The van der Waals surface area contributed by atoms with E-state index in [1.807, 2.05) is 13.0 Å². The summed E-state index contributed by atoms with van der Waals surface area (Å²) in [6.07, 6.45) is 5.18. The van der Waals surface area contributed by atoms with Crippen molar-refractivity contribution in [1.82, 2.24) is 10.3 Å². The number of nitrogens with one attached hydrogen (secondary N) is 2. The van der Waals surface area contributed by atoms with Crippen molar-refractivity contribution in [3.05, 3.63) is 22.4 Å². The van der Waals surface area contributed by atoms with Crippen LogP contribution in [0.15, 0.2) is 16.7 Å². The van der Waals surface area contributed by atoms with Crippen molar-refractivity contribution in [2.45, 2.75) is 51.6 Å². The van der Waals surface area contributed by atoms with Gasteiger partial charge in [0.25, 0.3) is 0 Å². The highest BCUT2D eigenvalue weighted by Crippen LogP contribution is 2.19. The Hall–Kier alpha value is -0.610. The highest BCUT2D eigenvalue weighted by Gasteiger charge is 2.16. The Kier molecular flexibility index (Phi) is 5.01. The van der Waals surface area contributed by atoms with Crippen LogP contribution in [0.3, 0.4) is 0 Å². The van der Waals surface area contributed by atoms with Crippen molar-refractivity contribution in [2.75, 3.05) is 11.9 Å². The fourth-order valence-corrected chi connectivity index (χ4v) is 2.96. The lowest BCUT2D eigenvalue weighted by atomic mass is 9.98. The molecule has 1 fully saturated rings. The quantitative estimate of drug-likeness (QED) is 0.836. The summed E-state index contributed by atoms with van der Waals surface area (Å²) in [6.45, 7) is 5.46. The topological polar surface area (TPSA) is 37.0 Å². The first-order chi connectivity index (χ1) is 8.65. The molecule has 1 aliphatic heterocycles. The molecule has 1 aliphatic rings. The van der Waals surface area contributed by atoms with Crippen LogP contribution in [-0.4, -0.2) is 23.6 Å². The molecule has 18 heavy (non-hydrogen) atoms. The molecule has 0 amide bonds. The molecular formula is C14H22BrN3. The molecule has 0 aliphatic carbocycles. The minimum atomic E-state index is 0.474. The fourth-order valence-electron chi connectivity index (χ4n) is 2.56. The SMILES string of the molecule is Cc1nc(Br)ccc1NC(C)CC1CCCCN1. The van der Waals surface area contributed by atoms with Gasteiger partial charge in [-0.25, -0.2) is 4.98 Å². The average Bonchev–Trinajstić information content (AvgIpc) is 2.34. The number of rotatable bonds is 4. The highest BCUT2D eigenvalue weighted by molar-refractivity contribution is 9.10. The molecule has 0 spiro atoms. The largest absolute Gasteiger partial charge is 0.381 e.